The normalized spacial score (nSPS) is 21.2. The maximum absolute atomic E-state index is 12.1. The standard InChI is InChI=1S/C16H10Cl2O4/c17-11-5-1-3-9(7-11)13-15(19)22-14(16(20)21-13)10-4-2-6-12(18)8-10/h1-8,13-14H. The molecule has 0 N–H and O–H groups in total. The number of rotatable bonds is 2. The maximum atomic E-state index is 12.1. The molecule has 0 bridgehead atoms. The first-order valence-electron chi connectivity index (χ1n) is 6.46. The van der Waals surface area contributed by atoms with Gasteiger partial charge in [0.25, 0.3) is 0 Å². The van der Waals surface area contributed by atoms with Crippen LogP contribution >= 0.6 is 23.2 Å². The van der Waals surface area contributed by atoms with Gasteiger partial charge in [0, 0.05) is 21.2 Å². The van der Waals surface area contributed by atoms with E-state index in [0.717, 1.165) is 0 Å². The average Bonchev–Trinajstić information content (AvgIpc) is 2.49. The van der Waals surface area contributed by atoms with Crippen molar-refractivity contribution in [1.29, 1.82) is 0 Å². The second-order valence-electron chi connectivity index (χ2n) is 4.74. The van der Waals surface area contributed by atoms with Gasteiger partial charge in [-0.1, -0.05) is 47.5 Å². The van der Waals surface area contributed by atoms with Crippen molar-refractivity contribution in [3.05, 3.63) is 69.7 Å². The summed E-state index contributed by atoms with van der Waals surface area (Å²) in [5, 5.41) is 0.886. The van der Waals surface area contributed by atoms with Crippen LogP contribution in [0.15, 0.2) is 48.5 Å². The van der Waals surface area contributed by atoms with Crippen molar-refractivity contribution in [3.8, 4) is 0 Å². The molecule has 1 aliphatic heterocycles. The molecule has 2 aromatic rings. The summed E-state index contributed by atoms with van der Waals surface area (Å²) in [6.07, 6.45) is -2.22. The zero-order valence-electron chi connectivity index (χ0n) is 11.2. The predicted molar refractivity (Wildman–Crippen MR) is 80.6 cm³/mol. The molecule has 0 aliphatic carbocycles. The lowest BCUT2D eigenvalue weighted by Gasteiger charge is -2.28. The summed E-state index contributed by atoms with van der Waals surface area (Å²) in [7, 11) is 0. The molecular weight excluding hydrogens is 327 g/mol. The fourth-order valence-electron chi connectivity index (χ4n) is 2.20. The molecule has 22 heavy (non-hydrogen) atoms. The molecule has 3 rings (SSSR count). The first kappa shape index (κ1) is 14.9. The molecule has 0 spiro atoms. The zero-order chi connectivity index (χ0) is 15.7. The lowest BCUT2D eigenvalue weighted by Crippen LogP contribution is -2.34. The highest BCUT2D eigenvalue weighted by Gasteiger charge is 2.40. The lowest BCUT2D eigenvalue weighted by atomic mass is 10.1. The third-order valence-corrected chi connectivity index (χ3v) is 3.67. The van der Waals surface area contributed by atoms with Gasteiger partial charge < -0.3 is 9.47 Å². The van der Waals surface area contributed by atoms with Crippen molar-refractivity contribution in [2.75, 3.05) is 0 Å². The van der Waals surface area contributed by atoms with Crippen LogP contribution in [0.3, 0.4) is 0 Å². The molecule has 0 radical (unpaired) electrons. The van der Waals surface area contributed by atoms with Crippen LogP contribution in [0.2, 0.25) is 10.0 Å². The monoisotopic (exact) mass is 336 g/mol. The summed E-state index contributed by atoms with van der Waals surface area (Å²) >= 11 is 11.8. The van der Waals surface area contributed by atoms with E-state index in [1.165, 1.54) is 0 Å². The lowest BCUT2D eigenvalue weighted by molar-refractivity contribution is -0.196. The summed E-state index contributed by atoms with van der Waals surface area (Å²) in [4.78, 5) is 24.3. The number of carbonyl (C=O) groups excluding carboxylic acids is 2. The summed E-state index contributed by atoms with van der Waals surface area (Å²) in [6, 6.07) is 13.1. The number of benzene rings is 2. The van der Waals surface area contributed by atoms with Crippen LogP contribution in [0.4, 0.5) is 0 Å². The second-order valence-corrected chi connectivity index (χ2v) is 5.62. The van der Waals surface area contributed by atoms with Crippen LogP contribution in [0.25, 0.3) is 0 Å². The van der Waals surface area contributed by atoms with Gasteiger partial charge in [0.15, 0.2) is 0 Å². The van der Waals surface area contributed by atoms with Gasteiger partial charge in [-0.05, 0) is 24.3 Å². The van der Waals surface area contributed by atoms with E-state index in [0.29, 0.717) is 21.2 Å². The van der Waals surface area contributed by atoms with Crippen molar-refractivity contribution in [2.45, 2.75) is 12.2 Å². The molecule has 0 aromatic heterocycles. The van der Waals surface area contributed by atoms with Crippen LogP contribution in [0.5, 0.6) is 0 Å². The number of ether oxygens (including phenoxy) is 2. The predicted octanol–water partition coefficient (Wildman–Crippen LogP) is 3.88. The van der Waals surface area contributed by atoms with Gasteiger partial charge in [0.2, 0.25) is 12.2 Å². The molecule has 2 atom stereocenters. The van der Waals surface area contributed by atoms with E-state index in [1.54, 1.807) is 48.5 Å². The van der Waals surface area contributed by atoms with Crippen LogP contribution < -0.4 is 0 Å². The highest BCUT2D eigenvalue weighted by atomic mass is 35.5. The minimum absolute atomic E-state index is 0.443. The topological polar surface area (TPSA) is 52.6 Å². The number of hydrogen-bond donors (Lipinski definition) is 0. The van der Waals surface area contributed by atoms with Crippen LogP contribution in [0.1, 0.15) is 23.3 Å². The molecule has 4 nitrogen and oxygen atoms in total. The van der Waals surface area contributed by atoms with Crippen LogP contribution in [0, 0.1) is 0 Å². The Labute approximate surface area is 136 Å². The van der Waals surface area contributed by atoms with Gasteiger partial charge in [-0.2, -0.15) is 0 Å². The van der Waals surface area contributed by atoms with E-state index < -0.39 is 24.1 Å². The van der Waals surface area contributed by atoms with Crippen molar-refractivity contribution in [3.63, 3.8) is 0 Å². The molecule has 6 heteroatoms. The molecule has 1 fully saturated rings. The van der Waals surface area contributed by atoms with E-state index in [9.17, 15) is 9.59 Å². The summed E-state index contributed by atoms with van der Waals surface area (Å²) in [5.74, 6) is -1.29. The fourth-order valence-corrected chi connectivity index (χ4v) is 2.60. The Bertz CT molecular complexity index is 681. The molecular formula is C16H10Cl2O4. The number of halogens is 2. The van der Waals surface area contributed by atoms with Gasteiger partial charge in [-0.3, -0.25) is 0 Å². The Morgan fingerprint density at radius 1 is 0.727 bits per heavy atom. The molecule has 112 valence electrons. The van der Waals surface area contributed by atoms with Crippen molar-refractivity contribution < 1.29 is 19.1 Å². The first-order chi connectivity index (χ1) is 10.5. The van der Waals surface area contributed by atoms with Crippen molar-refractivity contribution >= 4 is 35.1 Å². The Morgan fingerprint density at radius 2 is 1.14 bits per heavy atom. The largest absolute Gasteiger partial charge is 0.442 e. The van der Waals surface area contributed by atoms with Gasteiger partial charge in [-0.15, -0.1) is 0 Å². The van der Waals surface area contributed by atoms with E-state index in [4.69, 9.17) is 32.7 Å². The zero-order valence-corrected chi connectivity index (χ0v) is 12.7. The first-order valence-corrected chi connectivity index (χ1v) is 7.22. The minimum atomic E-state index is -1.11. The summed E-state index contributed by atoms with van der Waals surface area (Å²) in [6.45, 7) is 0. The van der Waals surface area contributed by atoms with Gasteiger partial charge in [0.1, 0.15) is 0 Å². The minimum Gasteiger partial charge on any atom is -0.442 e. The van der Waals surface area contributed by atoms with E-state index in [2.05, 4.69) is 0 Å². The molecule has 2 aromatic carbocycles. The third-order valence-electron chi connectivity index (χ3n) is 3.20. The smallest absolute Gasteiger partial charge is 0.353 e. The van der Waals surface area contributed by atoms with Crippen LogP contribution in [-0.2, 0) is 19.1 Å². The second kappa shape index (κ2) is 5.99. The van der Waals surface area contributed by atoms with E-state index in [1.807, 2.05) is 0 Å². The quantitative estimate of drug-likeness (QED) is 0.781. The van der Waals surface area contributed by atoms with E-state index in [-0.39, 0.29) is 0 Å². The summed E-state index contributed by atoms with van der Waals surface area (Å²) < 4.78 is 10.5. The van der Waals surface area contributed by atoms with Gasteiger partial charge in [0.05, 0.1) is 0 Å². The average molecular weight is 337 g/mol. The molecule has 1 saturated heterocycles. The van der Waals surface area contributed by atoms with Crippen LogP contribution in [-0.4, -0.2) is 11.9 Å². The molecule has 1 heterocycles. The number of carbonyl (C=O) groups is 2. The Hall–Kier alpha value is -2.04. The molecule has 1 aliphatic rings. The fraction of sp³-hybridized carbons (Fsp3) is 0.125. The van der Waals surface area contributed by atoms with Crippen molar-refractivity contribution in [2.24, 2.45) is 0 Å². The Kier molecular flexibility index (Phi) is 4.05. The molecule has 0 saturated carbocycles. The Morgan fingerprint density at radius 3 is 1.50 bits per heavy atom. The van der Waals surface area contributed by atoms with Gasteiger partial charge >= 0.3 is 11.9 Å². The highest BCUT2D eigenvalue weighted by Crippen LogP contribution is 2.33. The van der Waals surface area contributed by atoms with Gasteiger partial charge in [-0.25, -0.2) is 9.59 Å². The number of cyclic esters (lactones) is 2. The van der Waals surface area contributed by atoms with Crippen molar-refractivity contribution in [1.82, 2.24) is 0 Å². The number of esters is 2. The Balaban J connectivity index is 1.86. The summed E-state index contributed by atoms with van der Waals surface area (Å²) in [5.41, 5.74) is 0.936. The highest BCUT2D eigenvalue weighted by molar-refractivity contribution is 6.31. The molecule has 2 unspecified atom stereocenters. The third kappa shape index (κ3) is 2.93. The molecule has 0 amide bonds. The number of hydrogen-bond acceptors (Lipinski definition) is 4. The maximum Gasteiger partial charge on any atom is 0.353 e. The SMILES string of the molecule is O=C1OC(c2cccc(Cl)c2)C(=O)OC1c1cccc(Cl)c1. The van der Waals surface area contributed by atoms with E-state index >= 15 is 0 Å².